The molecule has 1 saturated heterocycles. The number of rotatable bonds is 4. The van der Waals surface area contributed by atoms with Crippen molar-refractivity contribution in [1.29, 1.82) is 0 Å². The topological polar surface area (TPSA) is 72.8 Å². The lowest BCUT2D eigenvalue weighted by molar-refractivity contribution is -0.148. The number of carboxylic acids is 1. The Morgan fingerprint density at radius 1 is 1.53 bits per heavy atom. The second-order valence-corrected chi connectivity index (χ2v) is 3.37. The highest BCUT2D eigenvalue weighted by Gasteiger charge is 2.24. The molecule has 2 unspecified atom stereocenters. The molecule has 1 N–H and O–H groups in total. The van der Waals surface area contributed by atoms with Gasteiger partial charge in [0.2, 0.25) is 0 Å². The highest BCUT2D eigenvalue weighted by atomic mass is 16.6. The van der Waals surface area contributed by atoms with Crippen molar-refractivity contribution < 1.29 is 24.2 Å². The summed E-state index contributed by atoms with van der Waals surface area (Å²) in [6, 6.07) is 0. The van der Waals surface area contributed by atoms with Crippen molar-refractivity contribution in [2.45, 2.75) is 32.0 Å². The van der Waals surface area contributed by atoms with E-state index in [1.165, 1.54) is 0 Å². The number of aliphatic carboxylic acids is 1. The quantitative estimate of drug-likeness (QED) is 0.552. The average Bonchev–Trinajstić information content (AvgIpc) is 2.67. The maximum absolute atomic E-state index is 11.1. The molecule has 0 saturated carbocycles. The molecule has 1 rings (SSSR count). The molecule has 1 aliphatic rings. The number of hydrogen-bond donors (Lipinski definition) is 1. The van der Waals surface area contributed by atoms with Crippen molar-refractivity contribution in [3.63, 3.8) is 0 Å². The van der Waals surface area contributed by atoms with Crippen molar-refractivity contribution in [2.24, 2.45) is 0 Å². The first-order valence-electron chi connectivity index (χ1n) is 4.83. The molecule has 5 heteroatoms. The van der Waals surface area contributed by atoms with Crippen molar-refractivity contribution in [3.05, 3.63) is 12.2 Å². The zero-order valence-electron chi connectivity index (χ0n) is 8.51. The van der Waals surface area contributed by atoms with Crippen LogP contribution in [0.1, 0.15) is 19.8 Å². The fourth-order valence-corrected chi connectivity index (χ4v) is 1.41. The molecule has 1 heterocycles. The second kappa shape index (κ2) is 5.50. The fourth-order valence-electron chi connectivity index (χ4n) is 1.41. The van der Waals surface area contributed by atoms with Crippen molar-refractivity contribution >= 4 is 11.9 Å². The number of ether oxygens (including phenoxy) is 2. The van der Waals surface area contributed by atoms with Gasteiger partial charge in [0.05, 0.1) is 6.10 Å². The van der Waals surface area contributed by atoms with Gasteiger partial charge < -0.3 is 14.6 Å². The van der Waals surface area contributed by atoms with Crippen LogP contribution >= 0.6 is 0 Å². The summed E-state index contributed by atoms with van der Waals surface area (Å²) < 4.78 is 10.3. The van der Waals surface area contributed by atoms with Gasteiger partial charge in [-0.3, -0.25) is 0 Å². The van der Waals surface area contributed by atoms with Crippen LogP contribution in [0.2, 0.25) is 0 Å². The minimum absolute atomic E-state index is 0.0628. The molecule has 2 atom stereocenters. The third kappa shape index (κ3) is 4.12. The van der Waals surface area contributed by atoms with E-state index >= 15 is 0 Å². The summed E-state index contributed by atoms with van der Waals surface area (Å²) in [6.07, 6.45) is 3.10. The first-order valence-corrected chi connectivity index (χ1v) is 4.83. The van der Waals surface area contributed by atoms with Crippen LogP contribution < -0.4 is 0 Å². The Kier molecular flexibility index (Phi) is 4.30. The molecule has 15 heavy (non-hydrogen) atoms. The number of carbonyl (C=O) groups excluding carboxylic acids is 1. The van der Waals surface area contributed by atoms with Gasteiger partial charge in [0.15, 0.2) is 0 Å². The number of esters is 1. The molecule has 1 fully saturated rings. The van der Waals surface area contributed by atoms with E-state index < -0.39 is 11.9 Å². The van der Waals surface area contributed by atoms with Gasteiger partial charge in [-0.2, -0.15) is 0 Å². The molecule has 0 bridgehead atoms. The lowest BCUT2D eigenvalue weighted by Gasteiger charge is -2.17. The molecule has 0 aromatic rings. The molecule has 5 nitrogen and oxygen atoms in total. The van der Waals surface area contributed by atoms with E-state index in [1.54, 1.807) is 6.92 Å². The van der Waals surface area contributed by atoms with E-state index in [1.807, 2.05) is 0 Å². The summed E-state index contributed by atoms with van der Waals surface area (Å²) in [4.78, 5) is 21.2. The summed E-state index contributed by atoms with van der Waals surface area (Å²) in [5.74, 6) is -1.82. The van der Waals surface area contributed by atoms with Gasteiger partial charge in [-0.25, -0.2) is 9.59 Å². The van der Waals surface area contributed by atoms with Gasteiger partial charge in [0, 0.05) is 18.8 Å². The smallest absolute Gasteiger partial charge is 0.331 e. The minimum Gasteiger partial charge on any atom is -0.478 e. The normalized spacial score (nSPS) is 22.9. The fraction of sp³-hybridized carbons (Fsp3) is 0.600. The molecule has 0 radical (unpaired) electrons. The van der Waals surface area contributed by atoms with Crippen molar-refractivity contribution in [1.82, 2.24) is 0 Å². The highest BCUT2D eigenvalue weighted by molar-refractivity contribution is 5.90. The van der Waals surface area contributed by atoms with E-state index in [-0.39, 0.29) is 12.2 Å². The molecule has 1 aliphatic heterocycles. The number of hydrogen-bond acceptors (Lipinski definition) is 4. The van der Waals surface area contributed by atoms with E-state index in [0.717, 1.165) is 25.0 Å². The van der Waals surface area contributed by atoms with Gasteiger partial charge in [-0.15, -0.1) is 0 Å². The predicted octanol–water partition coefficient (Wildman–Crippen LogP) is 0.738. The van der Waals surface area contributed by atoms with E-state index in [0.29, 0.717) is 6.61 Å². The predicted molar refractivity (Wildman–Crippen MR) is 51.3 cm³/mol. The van der Waals surface area contributed by atoms with Crippen LogP contribution in [0, 0.1) is 0 Å². The summed E-state index contributed by atoms with van der Waals surface area (Å²) >= 11 is 0. The maximum Gasteiger partial charge on any atom is 0.331 e. The molecular formula is C10H14O5. The third-order valence-corrected chi connectivity index (χ3v) is 2.15. The number of carboxylic acid groups (broad SMARTS) is 1. The minimum atomic E-state index is -1.17. The van der Waals surface area contributed by atoms with Crippen LogP contribution in [0.4, 0.5) is 0 Å². The van der Waals surface area contributed by atoms with E-state index in [2.05, 4.69) is 0 Å². The van der Waals surface area contributed by atoms with Crippen LogP contribution in [0.3, 0.4) is 0 Å². The summed E-state index contributed by atoms with van der Waals surface area (Å²) in [7, 11) is 0. The van der Waals surface area contributed by atoms with Crippen LogP contribution in [-0.2, 0) is 19.1 Å². The standard InChI is InChI=1S/C10H14O5/c1-7(8-3-2-6-14-8)15-10(13)5-4-9(11)12/h4-5,7-8H,2-3,6H2,1H3,(H,11,12)/b5-4+. The zero-order chi connectivity index (χ0) is 11.3. The lowest BCUT2D eigenvalue weighted by atomic mass is 10.1. The molecule has 0 aliphatic carbocycles. The molecule has 84 valence electrons. The van der Waals surface area contributed by atoms with Crippen LogP contribution in [0.15, 0.2) is 12.2 Å². The summed E-state index contributed by atoms with van der Waals surface area (Å²) in [5.41, 5.74) is 0. The van der Waals surface area contributed by atoms with Crippen LogP contribution in [-0.4, -0.2) is 35.9 Å². The Morgan fingerprint density at radius 2 is 2.27 bits per heavy atom. The van der Waals surface area contributed by atoms with Gasteiger partial charge in [0.1, 0.15) is 6.10 Å². The highest BCUT2D eigenvalue weighted by Crippen LogP contribution is 2.17. The Bertz CT molecular complexity index is 265. The second-order valence-electron chi connectivity index (χ2n) is 3.37. The first kappa shape index (κ1) is 11.7. The van der Waals surface area contributed by atoms with Gasteiger partial charge in [-0.05, 0) is 19.8 Å². The van der Waals surface area contributed by atoms with Gasteiger partial charge in [-0.1, -0.05) is 0 Å². The summed E-state index contributed by atoms with van der Waals surface area (Å²) in [5, 5.41) is 8.29. The SMILES string of the molecule is CC(OC(=O)/C=C/C(=O)O)C1CCCO1. The lowest BCUT2D eigenvalue weighted by Crippen LogP contribution is -2.27. The maximum atomic E-state index is 11.1. The van der Waals surface area contributed by atoms with Gasteiger partial charge in [0.25, 0.3) is 0 Å². The van der Waals surface area contributed by atoms with Gasteiger partial charge >= 0.3 is 11.9 Å². The Balaban J connectivity index is 2.33. The van der Waals surface area contributed by atoms with E-state index in [9.17, 15) is 9.59 Å². The molecule has 0 aromatic carbocycles. The monoisotopic (exact) mass is 214 g/mol. The Morgan fingerprint density at radius 3 is 2.80 bits per heavy atom. The van der Waals surface area contributed by atoms with Crippen molar-refractivity contribution in [3.8, 4) is 0 Å². The molecule has 0 aromatic heterocycles. The van der Waals surface area contributed by atoms with E-state index in [4.69, 9.17) is 14.6 Å². The summed E-state index contributed by atoms with van der Waals surface area (Å²) in [6.45, 7) is 2.43. The molecule has 0 amide bonds. The zero-order valence-corrected chi connectivity index (χ0v) is 8.51. The Hall–Kier alpha value is -1.36. The van der Waals surface area contributed by atoms with Crippen LogP contribution in [0.25, 0.3) is 0 Å². The van der Waals surface area contributed by atoms with Crippen molar-refractivity contribution in [2.75, 3.05) is 6.61 Å². The van der Waals surface area contributed by atoms with Crippen LogP contribution in [0.5, 0.6) is 0 Å². The Labute approximate surface area is 87.7 Å². The molecular weight excluding hydrogens is 200 g/mol. The largest absolute Gasteiger partial charge is 0.478 e. The average molecular weight is 214 g/mol. The molecule has 0 spiro atoms. The first-order chi connectivity index (χ1) is 7.09. The third-order valence-electron chi connectivity index (χ3n) is 2.15. The number of carbonyl (C=O) groups is 2.